The molecule has 11 aromatic carbocycles. The van der Waals surface area contributed by atoms with Crippen molar-refractivity contribution in [1.29, 1.82) is 0 Å². The standard InChI is InChI=1S/C59H37N/c1-2-14-41(15-3-1)53-37-56(60-57-36-46-19-9-8-18-45(46)34-54(53)57)42-26-22-40(23-27-42)47-30-31-52-55(35-47)59(49-29-25-39-13-5-7-17-44(39)33-49)51-21-11-10-20-50(51)58(52)48-28-24-38-12-4-6-16-43(38)32-48/h1-37H. The van der Waals surface area contributed by atoms with Crippen LogP contribution in [0.25, 0.3) is 121 Å². The molecule has 0 fully saturated rings. The molecule has 12 rings (SSSR count). The Balaban J connectivity index is 1.04. The first kappa shape index (κ1) is 34.2. The first-order valence-corrected chi connectivity index (χ1v) is 20.7. The van der Waals surface area contributed by atoms with E-state index in [1.54, 1.807) is 0 Å². The van der Waals surface area contributed by atoms with Gasteiger partial charge >= 0.3 is 0 Å². The van der Waals surface area contributed by atoms with E-state index in [9.17, 15) is 0 Å². The van der Waals surface area contributed by atoms with E-state index in [1.165, 1.54) is 98.4 Å². The van der Waals surface area contributed by atoms with Crippen LogP contribution in [0.5, 0.6) is 0 Å². The average Bonchev–Trinajstić information content (AvgIpc) is 3.32. The zero-order valence-corrected chi connectivity index (χ0v) is 32.8. The Morgan fingerprint density at radius 1 is 0.233 bits per heavy atom. The summed E-state index contributed by atoms with van der Waals surface area (Å²) in [5, 5.41) is 13.5. The second-order valence-electron chi connectivity index (χ2n) is 15.9. The molecule has 0 aliphatic heterocycles. The summed E-state index contributed by atoms with van der Waals surface area (Å²) in [6.45, 7) is 0. The molecule has 0 saturated carbocycles. The Kier molecular flexibility index (Phi) is 7.92. The summed E-state index contributed by atoms with van der Waals surface area (Å²) >= 11 is 0. The molecule has 0 aliphatic carbocycles. The number of hydrogen-bond donors (Lipinski definition) is 0. The lowest BCUT2D eigenvalue weighted by molar-refractivity contribution is 1.40. The van der Waals surface area contributed by atoms with Gasteiger partial charge in [-0.05, 0) is 135 Å². The van der Waals surface area contributed by atoms with E-state index in [2.05, 4.69) is 224 Å². The third kappa shape index (κ3) is 5.74. The lowest BCUT2D eigenvalue weighted by atomic mass is 9.84. The van der Waals surface area contributed by atoms with Gasteiger partial charge in [-0.25, -0.2) is 4.98 Å². The summed E-state index contributed by atoms with van der Waals surface area (Å²) in [6, 6.07) is 82.1. The third-order valence-corrected chi connectivity index (χ3v) is 12.4. The highest BCUT2D eigenvalue weighted by molar-refractivity contribution is 6.22. The molecule has 0 saturated heterocycles. The predicted octanol–water partition coefficient (Wildman–Crippen LogP) is 16.3. The Labute approximate surface area is 348 Å². The van der Waals surface area contributed by atoms with Gasteiger partial charge in [0.15, 0.2) is 0 Å². The maximum atomic E-state index is 5.28. The van der Waals surface area contributed by atoms with Crippen molar-refractivity contribution in [3.63, 3.8) is 0 Å². The highest BCUT2D eigenvalue weighted by atomic mass is 14.7. The Morgan fingerprint density at radius 2 is 0.700 bits per heavy atom. The lowest BCUT2D eigenvalue weighted by Crippen LogP contribution is -1.92. The van der Waals surface area contributed by atoms with Crippen molar-refractivity contribution in [3.8, 4) is 55.8 Å². The monoisotopic (exact) mass is 759 g/mol. The molecule has 278 valence electrons. The van der Waals surface area contributed by atoms with Crippen molar-refractivity contribution in [2.24, 2.45) is 0 Å². The Hall–Kier alpha value is -7.87. The summed E-state index contributed by atoms with van der Waals surface area (Å²) in [5.41, 5.74) is 12.7. The number of hydrogen-bond acceptors (Lipinski definition) is 1. The molecule has 12 aromatic rings. The molecule has 1 nitrogen and oxygen atoms in total. The molecule has 1 heteroatoms. The van der Waals surface area contributed by atoms with Gasteiger partial charge < -0.3 is 0 Å². The maximum absolute atomic E-state index is 5.28. The summed E-state index contributed by atoms with van der Waals surface area (Å²) in [6.07, 6.45) is 0. The van der Waals surface area contributed by atoms with Gasteiger partial charge in [-0.1, -0.05) is 188 Å². The number of nitrogens with zero attached hydrogens (tertiary/aromatic N) is 1. The molecule has 0 radical (unpaired) electrons. The minimum absolute atomic E-state index is 0.965. The van der Waals surface area contributed by atoms with Gasteiger partial charge in [0.05, 0.1) is 11.2 Å². The van der Waals surface area contributed by atoms with Crippen LogP contribution < -0.4 is 0 Å². The van der Waals surface area contributed by atoms with E-state index in [0.29, 0.717) is 0 Å². The van der Waals surface area contributed by atoms with E-state index < -0.39 is 0 Å². The van der Waals surface area contributed by atoms with E-state index in [0.717, 1.165) is 22.2 Å². The van der Waals surface area contributed by atoms with Crippen LogP contribution in [0.1, 0.15) is 0 Å². The molecular weight excluding hydrogens is 723 g/mol. The number of fused-ring (bicyclic) bond motifs is 6. The van der Waals surface area contributed by atoms with E-state index in [-0.39, 0.29) is 0 Å². The molecule has 1 heterocycles. The van der Waals surface area contributed by atoms with Crippen molar-refractivity contribution in [2.75, 3.05) is 0 Å². The predicted molar refractivity (Wildman–Crippen MR) is 256 cm³/mol. The molecule has 0 atom stereocenters. The van der Waals surface area contributed by atoms with Crippen molar-refractivity contribution in [2.45, 2.75) is 0 Å². The molecule has 0 aliphatic rings. The second kappa shape index (κ2) is 13.9. The molecule has 0 bridgehead atoms. The number of rotatable bonds is 5. The van der Waals surface area contributed by atoms with E-state index >= 15 is 0 Å². The van der Waals surface area contributed by atoms with Crippen molar-refractivity contribution in [3.05, 3.63) is 224 Å². The van der Waals surface area contributed by atoms with Gasteiger partial charge in [-0.2, -0.15) is 0 Å². The van der Waals surface area contributed by atoms with Gasteiger partial charge in [0, 0.05) is 10.9 Å². The van der Waals surface area contributed by atoms with E-state index in [1.807, 2.05) is 0 Å². The number of benzene rings is 11. The quantitative estimate of drug-likeness (QED) is 0.159. The Bertz CT molecular complexity index is 3640. The summed E-state index contributed by atoms with van der Waals surface area (Å²) in [7, 11) is 0. The fourth-order valence-corrected chi connectivity index (χ4v) is 9.42. The smallest absolute Gasteiger partial charge is 0.0722 e. The molecule has 0 spiro atoms. The normalized spacial score (nSPS) is 11.7. The minimum atomic E-state index is 0.965. The zero-order valence-electron chi connectivity index (χ0n) is 32.8. The summed E-state index contributed by atoms with van der Waals surface area (Å²) < 4.78 is 0. The van der Waals surface area contributed by atoms with Crippen LogP contribution in [0.3, 0.4) is 0 Å². The first-order valence-electron chi connectivity index (χ1n) is 20.7. The van der Waals surface area contributed by atoms with Crippen molar-refractivity contribution in [1.82, 2.24) is 4.98 Å². The molecule has 0 unspecified atom stereocenters. The molecule has 0 amide bonds. The maximum Gasteiger partial charge on any atom is 0.0722 e. The molecule has 0 N–H and O–H groups in total. The third-order valence-electron chi connectivity index (χ3n) is 12.4. The number of aromatic nitrogens is 1. The van der Waals surface area contributed by atoms with Crippen LogP contribution in [0.15, 0.2) is 224 Å². The topological polar surface area (TPSA) is 12.9 Å². The first-order chi connectivity index (χ1) is 29.7. The van der Waals surface area contributed by atoms with Crippen molar-refractivity contribution < 1.29 is 0 Å². The lowest BCUT2D eigenvalue weighted by Gasteiger charge is -2.19. The molecular formula is C59H37N. The Morgan fingerprint density at radius 3 is 1.33 bits per heavy atom. The zero-order chi connectivity index (χ0) is 39.6. The van der Waals surface area contributed by atoms with Crippen LogP contribution in [0.2, 0.25) is 0 Å². The van der Waals surface area contributed by atoms with E-state index in [4.69, 9.17) is 4.98 Å². The number of pyridine rings is 1. The second-order valence-corrected chi connectivity index (χ2v) is 15.9. The van der Waals surface area contributed by atoms with Crippen LogP contribution in [-0.2, 0) is 0 Å². The fraction of sp³-hybridized carbons (Fsp3) is 0. The molecule has 1 aromatic heterocycles. The summed E-state index contributed by atoms with van der Waals surface area (Å²) in [5.74, 6) is 0. The SMILES string of the molecule is c1ccc(-c2cc(-c3ccc(-c4ccc5c(-c6ccc7ccccc7c6)c6ccccc6c(-c6ccc7ccccc7c6)c5c4)cc3)nc3cc4ccccc4cc23)cc1. The average molecular weight is 760 g/mol. The van der Waals surface area contributed by atoms with Gasteiger partial charge in [0.1, 0.15) is 0 Å². The van der Waals surface area contributed by atoms with Crippen molar-refractivity contribution >= 4 is 64.8 Å². The largest absolute Gasteiger partial charge is 0.248 e. The van der Waals surface area contributed by atoms with Crippen LogP contribution >= 0.6 is 0 Å². The highest BCUT2D eigenvalue weighted by Gasteiger charge is 2.19. The molecule has 60 heavy (non-hydrogen) atoms. The highest BCUT2D eigenvalue weighted by Crippen LogP contribution is 2.46. The fourth-order valence-electron chi connectivity index (χ4n) is 9.42. The summed E-state index contributed by atoms with van der Waals surface area (Å²) in [4.78, 5) is 5.28. The van der Waals surface area contributed by atoms with Gasteiger partial charge in [0.25, 0.3) is 0 Å². The van der Waals surface area contributed by atoms with Crippen LogP contribution in [0, 0.1) is 0 Å². The van der Waals surface area contributed by atoms with Gasteiger partial charge in [-0.3, -0.25) is 0 Å². The minimum Gasteiger partial charge on any atom is -0.248 e. The van der Waals surface area contributed by atoms with Crippen LogP contribution in [-0.4, -0.2) is 4.98 Å². The van der Waals surface area contributed by atoms with Gasteiger partial charge in [-0.15, -0.1) is 0 Å². The van der Waals surface area contributed by atoms with Gasteiger partial charge in [0.2, 0.25) is 0 Å². The van der Waals surface area contributed by atoms with Crippen LogP contribution in [0.4, 0.5) is 0 Å².